The van der Waals surface area contributed by atoms with Crippen LogP contribution in [0.1, 0.15) is 66.2 Å². The van der Waals surface area contributed by atoms with Gasteiger partial charge in [0.25, 0.3) is 0 Å². The average molecular weight is 1280 g/mol. The van der Waals surface area contributed by atoms with Gasteiger partial charge in [0.2, 0.25) is 35.4 Å². The first kappa shape index (κ1) is 78.2. The molecular weight excluding hydrogens is 1180 g/mol. The van der Waals surface area contributed by atoms with Crippen molar-refractivity contribution in [3.05, 3.63) is 0 Å². The van der Waals surface area contributed by atoms with Gasteiger partial charge in [-0.05, 0) is 25.8 Å². The Morgan fingerprint density at radius 3 is 0.875 bits per heavy atom. The monoisotopic (exact) mass is 1280 g/mol. The van der Waals surface area contributed by atoms with E-state index >= 15 is 0 Å². The van der Waals surface area contributed by atoms with Crippen molar-refractivity contribution in [1.82, 2.24) is 37.2 Å². The second-order valence-corrected chi connectivity index (χ2v) is 20.9. The fourth-order valence-electron chi connectivity index (χ4n) is 9.60. The summed E-state index contributed by atoms with van der Waals surface area (Å²) in [7, 11) is 0. The Morgan fingerprint density at radius 2 is 0.636 bits per heavy atom. The van der Waals surface area contributed by atoms with Crippen LogP contribution in [0, 0.1) is 0 Å². The molecule has 0 bridgehead atoms. The van der Waals surface area contributed by atoms with E-state index in [2.05, 4.69) is 37.2 Å². The van der Waals surface area contributed by atoms with Gasteiger partial charge >= 0.3 is 0 Å². The summed E-state index contributed by atoms with van der Waals surface area (Å²) in [5.41, 5.74) is -0.811. The Morgan fingerprint density at radius 1 is 0.386 bits per heavy atom. The lowest BCUT2D eigenvalue weighted by Crippen LogP contribution is -2.64. The molecule has 16 N–H and O–H groups in total. The van der Waals surface area contributed by atoms with Crippen molar-refractivity contribution < 1.29 is 132 Å². The Kier molecular flexibility index (Phi) is 39.5. The molecule has 88 heavy (non-hydrogen) atoms. The van der Waals surface area contributed by atoms with Crippen molar-refractivity contribution in [2.24, 2.45) is 0 Å². The first-order chi connectivity index (χ1) is 42.2. The van der Waals surface area contributed by atoms with Crippen LogP contribution >= 0.6 is 0 Å². The Balaban J connectivity index is 1.40. The maximum atomic E-state index is 13.2. The van der Waals surface area contributed by atoms with E-state index in [0.29, 0.717) is 6.54 Å². The maximum absolute atomic E-state index is 13.2. The van der Waals surface area contributed by atoms with Crippen LogP contribution in [0.15, 0.2) is 0 Å². The summed E-state index contributed by atoms with van der Waals surface area (Å²) in [5, 5.41) is 110. The van der Waals surface area contributed by atoms with Crippen LogP contribution in [0.4, 0.5) is 0 Å². The Labute approximate surface area is 511 Å². The van der Waals surface area contributed by atoms with Crippen molar-refractivity contribution in [2.75, 3.05) is 145 Å². The molecule has 0 aromatic rings. The molecule has 0 aromatic carbocycles. The van der Waals surface area contributed by atoms with Crippen LogP contribution < -0.4 is 37.2 Å². The lowest BCUT2D eigenvalue weighted by molar-refractivity contribution is -0.272. The summed E-state index contributed by atoms with van der Waals surface area (Å²) in [6.45, 7) is 6.56. The Bertz CT molecular complexity index is 1770. The highest BCUT2D eigenvalue weighted by atomic mass is 16.7. The number of ether oxygens (including phenoxy) is 12. The number of aliphatic hydroxyl groups is 9. The molecule has 0 spiro atoms. The van der Waals surface area contributed by atoms with E-state index in [9.17, 15) is 74.7 Å². The third-order valence-electron chi connectivity index (χ3n) is 14.1. The molecule has 34 heteroatoms. The minimum absolute atomic E-state index is 0.0135. The van der Waals surface area contributed by atoms with Gasteiger partial charge in [-0.2, -0.15) is 0 Å². The van der Waals surface area contributed by atoms with Crippen molar-refractivity contribution in [3.63, 3.8) is 0 Å². The summed E-state index contributed by atoms with van der Waals surface area (Å²) in [5.74, 6) is -2.29. The number of carbonyl (C=O) groups excluding carboxylic acids is 6. The van der Waals surface area contributed by atoms with Crippen LogP contribution in [0.5, 0.6) is 0 Å². The predicted octanol–water partition coefficient (Wildman–Crippen LogP) is -8.00. The third-order valence-corrected chi connectivity index (χ3v) is 14.1. The predicted molar refractivity (Wildman–Crippen MR) is 302 cm³/mol. The van der Waals surface area contributed by atoms with E-state index in [-0.39, 0.29) is 175 Å². The summed E-state index contributed by atoms with van der Waals surface area (Å²) in [4.78, 5) is 74.5. The first-order valence-corrected chi connectivity index (χ1v) is 29.8. The van der Waals surface area contributed by atoms with Gasteiger partial charge < -0.3 is 140 Å². The summed E-state index contributed by atoms with van der Waals surface area (Å²) >= 11 is 0. The highest BCUT2D eigenvalue weighted by Gasteiger charge is 2.48. The van der Waals surface area contributed by atoms with Gasteiger partial charge in [0.1, 0.15) is 73.1 Å². The molecule has 6 amide bonds. The number of amides is 6. The van der Waals surface area contributed by atoms with Crippen molar-refractivity contribution in [2.45, 2.75) is 164 Å². The lowest BCUT2D eigenvalue weighted by atomic mass is 9.83. The molecule has 3 fully saturated rings. The zero-order valence-electron chi connectivity index (χ0n) is 50.8. The standard InChI is InChI=1S/C54H99N7O27/c1-5-58-54(9-6-39(68)55-12-15-77-18-21-80-24-27-83-51-42(59-33(2)65)48(74)45(71)36(30-62)86-51,10-7-40(69)56-13-16-78-19-22-81-25-28-84-52-43(60-34(3)66)49(75)46(72)37(31-63)87-52)11-8-41(70)57-14-17-79-20-23-82-26-29-85-53-44(61-35(4)67)50(76)47(73)38(32-64)88-53/h36-38,42-53,58,62-64,71-76H,5-32H2,1-4H3,(H,55,68)(H,56,69)(H,57,70)(H,59,65)(H,60,66)(H,61,67). The smallest absolute Gasteiger partial charge is 0.220 e. The molecule has 0 aromatic heterocycles. The first-order valence-electron chi connectivity index (χ1n) is 29.8. The molecule has 34 nitrogen and oxygen atoms in total. The molecule has 512 valence electrons. The number of hydrogen-bond donors (Lipinski definition) is 16. The number of nitrogens with one attached hydrogen (secondary N) is 7. The summed E-state index contributed by atoms with van der Waals surface area (Å²) in [6.07, 6.45) is -14.5. The zero-order valence-corrected chi connectivity index (χ0v) is 50.8. The number of aliphatic hydroxyl groups excluding tert-OH is 9. The minimum atomic E-state index is -1.45. The van der Waals surface area contributed by atoms with Crippen LogP contribution in [0.2, 0.25) is 0 Å². The van der Waals surface area contributed by atoms with Crippen LogP contribution in [0.25, 0.3) is 0 Å². The van der Waals surface area contributed by atoms with Gasteiger partial charge in [-0.15, -0.1) is 0 Å². The third kappa shape index (κ3) is 29.5. The molecule has 3 rings (SSSR count). The number of carbonyl (C=O) groups is 6. The van der Waals surface area contributed by atoms with Crippen LogP contribution in [-0.2, 0) is 85.6 Å². The van der Waals surface area contributed by atoms with E-state index in [4.69, 9.17) is 56.8 Å². The second kappa shape index (κ2) is 44.4. The molecule has 15 atom stereocenters. The number of rotatable bonds is 47. The average Bonchev–Trinajstić information content (AvgIpc) is 2.29. The van der Waals surface area contributed by atoms with Gasteiger partial charge in [0.05, 0.1) is 119 Å². The van der Waals surface area contributed by atoms with Gasteiger partial charge in [-0.25, -0.2) is 0 Å². The highest BCUT2D eigenvalue weighted by molar-refractivity contribution is 5.78. The van der Waals surface area contributed by atoms with E-state index in [0.717, 1.165) is 0 Å². The lowest BCUT2D eigenvalue weighted by Gasteiger charge is -2.42. The molecule has 0 saturated carbocycles. The molecule has 3 aliphatic heterocycles. The van der Waals surface area contributed by atoms with Crippen molar-refractivity contribution in [1.29, 1.82) is 0 Å². The normalized spacial score (nSPS) is 27.9. The van der Waals surface area contributed by atoms with Crippen molar-refractivity contribution in [3.8, 4) is 0 Å². The molecule has 3 aliphatic rings. The van der Waals surface area contributed by atoms with E-state index in [1.165, 1.54) is 20.8 Å². The molecule has 3 saturated heterocycles. The SMILES string of the molecule is CCNC(CCC(=O)NCCOCCOCCOC1OC(CO)C(O)C(O)C1NC(C)=O)(CCC(=O)NCCOCCOCCOC1OC(CO)C(O)C(O)C1NC(C)=O)CCC(=O)NCCOCCOCCOC1OC(CO)C(O)C(O)C1NC(C)=O. The number of hydrogen-bond acceptors (Lipinski definition) is 28. The second-order valence-electron chi connectivity index (χ2n) is 20.9. The zero-order chi connectivity index (χ0) is 64.9. The topological polar surface area (TPSA) is 479 Å². The molecule has 15 unspecified atom stereocenters. The van der Waals surface area contributed by atoms with Crippen molar-refractivity contribution >= 4 is 35.4 Å². The molecular formula is C54H99N7O27. The van der Waals surface area contributed by atoms with Gasteiger partial charge in [-0.3, -0.25) is 28.8 Å². The summed E-state index contributed by atoms with van der Waals surface area (Å²) in [6, 6.07) is -3.25. The maximum Gasteiger partial charge on any atom is 0.220 e. The fourth-order valence-corrected chi connectivity index (χ4v) is 9.60. The summed E-state index contributed by atoms with van der Waals surface area (Å²) < 4.78 is 66.8. The largest absolute Gasteiger partial charge is 0.394 e. The molecule has 0 aliphatic carbocycles. The fraction of sp³-hybridized carbons (Fsp3) is 0.889. The van der Waals surface area contributed by atoms with E-state index in [1.54, 1.807) is 0 Å². The van der Waals surface area contributed by atoms with E-state index in [1.807, 2.05) is 6.92 Å². The highest BCUT2D eigenvalue weighted by Crippen LogP contribution is 2.27. The van der Waals surface area contributed by atoms with Crippen LogP contribution in [-0.4, -0.2) is 324 Å². The molecule has 3 heterocycles. The minimum Gasteiger partial charge on any atom is -0.394 e. The van der Waals surface area contributed by atoms with Gasteiger partial charge in [-0.1, -0.05) is 6.92 Å². The quantitative estimate of drug-likeness (QED) is 0.0252. The Hall–Kier alpha value is -4.06. The van der Waals surface area contributed by atoms with Gasteiger partial charge in [0.15, 0.2) is 18.9 Å². The molecule has 0 radical (unpaired) electrons. The van der Waals surface area contributed by atoms with Crippen LogP contribution in [0.3, 0.4) is 0 Å². The van der Waals surface area contributed by atoms with E-state index < -0.39 is 135 Å². The van der Waals surface area contributed by atoms with Gasteiger partial charge in [0, 0.05) is 65.2 Å².